The van der Waals surface area contributed by atoms with Gasteiger partial charge in [0, 0.05) is 0 Å². The Morgan fingerprint density at radius 2 is 1.21 bits per heavy atom. The van der Waals surface area contributed by atoms with Crippen molar-refractivity contribution in [2.24, 2.45) is 0 Å². The second kappa shape index (κ2) is 13.9. The van der Waals surface area contributed by atoms with Crippen molar-refractivity contribution in [1.82, 2.24) is 0 Å². The molecule has 0 heterocycles. The van der Waals surface area contributed by atoms with E-state index in [9.17, 15) is 0 Å². The molecule has 0 aromatic carbocycles. The van der Waals surface area contributed by atoms with E-state index in [4.69, 9.17) is 4.43 Å². The SMILES string of the molecule is CCC[CH2][Sn](/[CH]=C\[Si](CC)(CC)OC(C)C)([CH2]CCC)[CH2]CCC. The molecule has 0 N–H and O–H groups in total. The second-order valence-corrected chi connectivity index (χ2v) is 25.1. The Balaban J connectivity index is 5.46. The van der Waals surface area contributed by atoms with E-state index in [1.165, 1.54) is 50.6 Å². The van der Waals surface area contributed by atoms with Crippen molar-refractivity contribution in [2.45, 2.75) is 118 Å². The molecular weight excluding hydrogens is 415 g/mol. The van der Waals surface area contributed by atoms with Crippen LogP contribution in [0.1, 0.15) is 87.0 Å². The molecule has 0 radical (unpaired) electrons. The summed E-state index contributed by atoms with van der Waals surface area (Å²) >= 11 is -2.15. The molecule has 0 aromatic rings. The van der Waals surface area contributed by atoms with E-state index in [2.05, 4.69) is 58.3 Å². The Bertz CT molecular complexity index is 302. The number of hydrogen-bond donors (Lipinski definition) is 0. The van der Waals surface area contributed by atoms with Crippen LogP contribution in [0, 0.1) is 0 Å². The fraction of sp³-hybridized carbons (Fsp3) is 0.905. The van der Waals surface area contributed by atoms with Crippen molar-refractivity contribution in [3.8, 4) is 0 Å². The summed E-state index contributed by atoms with van der Waals surface area (Å²) in [7, 11) is -1.66. The zero-order valence-corrected chi connectivity index (χ0v) is 21.8. The Kier molecular flexibility index (Phi) is 14.3. The number of unbranched alkanes of at least 4 members (excludes halogenated alkanes) is 3. The van der Waals surface area contributed by atoms with Crippen LogP contribution in [0.15, 0.2) is 9.79 Å². The molecule has 0 amide bonds. The van der Waals surface area contributed by atoms with Gasteiger partial charge < -0.3 is 0 Å². The molecule has 24 heavy (non-hydrogen) atoms. The zero-order valence-electron chi connectivity index (χ0n) is 17.9. The van der Waals surface area contributed by atoms with Crippen molar-refractivity contribution in [3.05, 3.63) is 9.79 Å². The van der Waals surface area contributed by atoms with E-state index in [1.54, 1.807) is 13.3 Å². The first-order valence-electron chi connectivity index (χ1n) is 10.8. The van der Waals surface area contributed by atoms with Crippen LogP contribution in [0.5, 0.6) is 0 Å². The molecule has 0 rings (SSSR count). The first-order chi connectivity index (χ1) is 11.4. The third kappa shape index (κ3) is 9.42. The number of hydrogen-bond acceptors (Lipinski definition) is 1. The predicted molar refractivity (Wildman–Crippen MR) is 117 cm³/mol. The van der Waals surface area contributed by atoms with Crippen LogP contribution in [-0.4, -0.2) is 32.8 Å². The van der Waals surface area contributed by atoms with E-state index in [1.807, 2.05) is 0 Å². The van der Waals surface area contributed by atoms with Crippen LogP contribution in [-0.2, 0) is 4.43 Å². The molecule has 0 saturated carbocycles. The molecule has 144 valence electrons. The predicted octanol–water partition coefficient (Wildman–Crippen LogP) is 7.88. The molecular formula is C21H46OSiSn. The van der Waals surface area contributed by atoms with Gasteiger partial charge in [-0.25, -0.2) is 0 Å². The molecule has 0 aliphatic heterocycles. The van der Waals surface area contributed by atoms with Gasteiger partial charge in [0.1, 0.15) is 0 Å². The third-order valence-corrected chi connectivity index (χ3v) is 24.6. The van der Waals surface area contributed by atoms with E-state index in [0.29, 0.717) is 6.10 Å². The molecule has 0 aliphatic carbocycles. The number of rotatable bonds is 15. The third-order valence-electron chi connectivity index (χ3n) is 5.49. The molecule has 0 saturated heterocycles. The van der Waals surface area contributed by atoms with E-state index >= 15 is 0 Å². The second-order valence-electron chi connectivity index (χ2n) is 7.94. The van der Waals surface area contributed by atoms with E-state index in [0.717, 1.165) is 0 Å². The average molecular weight is 461 g/mol. The van der Waals surface area contributed by atoms with Gasteiger partial charge in [-0.05, 0) is 0 Å². The Hall–Kier alpha value is 0.716. The zero-order chi connectivity index (χ0) is 18.5. The molecule has 0 atom stereocenters. The van der Waals surface area contributed by atoms with Crippen molar-refractivity contribution in [2.75, 3.05) is 0 Å². The Morgan fingerprint density at radius 3 is 1.50 bits per heavy atom. The van der Waals surface area contributed by atoms with Gasteiger partial charge in [0.2, 0.25) is 0 Å². The molecule has 0 unspecified atom stereocenters. The summed E-state index contributed by atoms with van der Waals surface area (Å²) in [6.45, 7) is 16.2. The molecule has 1 nitrogen and oxygen atoms in total. The van der Waals surface area contributed by atoms with Gasteiger partial charge in [-0.2, -0.15) is 0 Å². The molecule has 3 heteroatoms. The summed E-state index contributed by atoms with van der Waals surface area (Å²) < 4.78 is 14.1. The molecule has 0 fully saturated rings. The molecule has 0 aromatic heterocycles. The van der Waals surface area contributed by atoms with Gasteiger partial charge in [0.25, 0.3) is 0 Å². The molecule has 0 bridgehead atoms. The Morgan fingerprint density at radius 1 is 0.792 bits per heavy atom. The van der Waals surface area contributed by atoms with Crippen molar-refractivity contribution in [3.63, 3.8) is 0 Å². The van der Waals surface area contributed by atoms with Gasteiger partial charge in [0.05, 0.1) is 0 Å². The first-order valence-corrected chi connectivity index (χ1v) is 20.9. The molecule has 0 spiro atoms. The van der Waals surface area contributed by atoms with Crippen LogP contribution >= 0.6 is 0 Å². The van der Waals surface area contributed by atoms with Crippen LogP contribution in [0.25, 0.3) is 0 Å². The van der Waals surface area contributed by atoms with Gasteiger partial charge in [-0.15, -0.1) is 0 Å². The molecule has 0 aliphatic rings. The van der Waals surface area contributed by atoms with Gasteiger partial charge >= 0.3 is 159 Å². The normalized spacial score (nSPS) is 13.3. The maximum atomic E-state index is 6.53. The summed E-state index contributed by atoms with van der Waals surface area (Å²) in [5.41, 5.74) is 2.68. The minimum atomic E-state index is -2.15. The van der Waals surface area contributed by atoms with Crippen molar-refractivity contribution in [1.29, 1.82) is 0 Å². The van der Waals surface area contributed by atoms with Gasteiger partial charge in [0.15, 0.2) is 0 Å². The van der Waals surface area contributed by atoms with Crippen LogP contribution in [0.2, 0.25) is 25.4 Å². The standard InChI is InChI=1S/C9H19OSi.3C4H9.Sn/c1-6-11(7-2,8-3)10-9(4)5;3*1-3-4-2;/h1,6,9H,7-8H2,2-5H3;3*1,3-4H2,2H3;. The van der Waals surface area contributed by atoms with Crippen molar-refractivity contribution >= 4 is 26.7 Å². The van der Waals surface area contributed by atoms with Crippen LogP contribution in [0.3, 0.4) is 0 Å². The topological polar surface area (TPSA) is 9.23 Å². The summed E-state index contributed by atoms with van der Waals surface area (Å²) in [5.74, 6) is 0. The fourth-order valence-corrected chi connectivity index (χ4v) is 24.9. The van der Waals surface area contributed by atoms with Gasteiger partial charge in [-0.3, -0.25) is 0 Å². The Labute approximate surface area is 159 Å². The van der Waals surface area contributed by atoms with Crippen molar-refractivity contribution < 1.29 is 4.43 Å². The summed E-state index contributed by atoms with van der Waals surface area (Å²) in [5, 5.41) is 0. The van der Waals surface area contributed by atoms with Crippen LogP contribution < -0.4 is 0 Å². The van der Waals surface area contributed by atoms with E-state index < -0.39 is 26.7 Å². The van der Waals surface area contributed by atoms with E-state index in [-0.39, 0.29) is 0 Å². The quantitative estimate of drug-likeness (QED) is 0.226. The summed E-state index contributed by atoms with van der Waals surface area (Å²) in [6, 6.07) is 2.46. The summed E-state index contributed by atoms with van der Waals surface area (Å²) in [4.78, 5) is 0. The average Bonchev–Trinajstić information content (AvgIpc) is 2.59. The first kappa shape index (κ1) is 24.7. The maximum absolute atomic E-state index is 6.53. The van der Waals surface area contributed by atoms with Crippen LogP contribution in [0.4, 0.5) is 0 Å². The minimum absolute atomic E-state index is 0.368. The summed E-state index contributed by atoms with van der Waals surface area (Å²) in [6.07, 6.45) is 8.79. The van der Waals surface area contributed by atoms with Gasteiger partial charge in [-0.1, -0.05) is 0 Å². The fourth-order valence-electron chi connectivity index (χ4n) is 3.70. The monoisotopic (exact) mass is 462 g/mol.